The molecule has 4 rings (SSSR count). The van der Waals surface area contributed by atoms with Crippen LogP contribution in [0.1, 0.15) is 13.8 Å². The molecule has 0 amide bonds. The highest BCUT2D eigenvalue weighted by molar-refractivity contribution is 8.16. The van der Waals surface area contributed by atoms with Crippen molar-refractivity contribution in [2.45, 2.75) is 53.0 Å². The molecule has 0 atom stereocenters. The number of thioether (sulfide) groups is 4. The summed E-state index contributed by atoms with van der Waals surface area (Å²) in [7, 11) is 0. The van der Waals surface area contributed by atoms with Gasteiger partial charge in [-0.3, -0.25) is 9.59 Å². The molecule has 0 aromatic heterocycles. The highest BCUT2D eigenvalue weighted by atomic mass is 32.2. The summed E-state index contributed by atoms with van der Waals surface area (Å²) in [5.41, 5.74) is 1.19. The third-order valence-electron chi connectivity index (χ3n) is 5.89. The van der Waals surface area contributed by atoms with E-state index in [1.54, 1.807) is 60.9 Å². The number of carbonyl (C=O) groups excluding carboxylic acids is 2. The van der Waals surface area contributed by atoms with Crippen LogP contribution >= 0.6 is 70.6 Å². The summed E-state index contributed by atoms with van der Waals surface area (Å²) in [6, 6.07) is 33.7. The van der Waals surface area contributed by atoms with Crippen LogP contribution < -0.4 is 0 Å². The van der Waals surface area contributed by atoms with Crippen molar-refractivity contribution in [3.8, 4) is 0 Å². The molecule has 2 nitrogen and oxygen atoms in total. The van der Waals surface area contributed by atoms with Gasteiger partial charge in [-0.2, -0.15) is 0 Å². The fourth-order valence-electron chi connectivity index (χ4n) is 3.51. The third-order valence-corrected chi connectivity index (χ3v) is 12.5. The molecule has 0 spiro atoms. The smallest absolute Gasteiger partial charge is 0.168 e. The first kappa shape index (κ1) is 33.7. The Morgan fingerprint density at radius 1 is 0.512 bits per heavy atom. The van der Waals surface area contributed by atoms with E-state index >= 15 is 0 Å². The number of benzene rings is 4. The fourth-order valence-corrected chi connectivity index (χ4v) is 10.0. The van der Waals surface area contributed by atoms with Crippen LogP contribution in [-0.2, 0) is 9.59 Å². The molecule has 4 aromatic carbocycles. The van der Waals surface area contributed by atoms with Gasteiger partial charge in [0.15, 0.2) is 11.6 Å². The van der Waals surface area contributed by atoms with Crippen LogP contribution in [0.2, 0.25) is 0 Å². The number of allylic oxidation sites excluding steroid dienone is 2. The maximum absolute atomic E-state index is 12.1. The SMILES string of the molecule is C=C(C)C(=O)CSc1ccccc1Sc1cccc(SCSc2cccc(Sc3ccccc3SCC(=O)C(=C)C)c2)c1. The molecular weight excluding hydrogens is 645 g/mol. The van der Waals surface area contributed by atoms with Gasteiger partial charge in [0, 0.05) is 44.2 Å². The Kier molecular flexibility index (Phi) is 13.6. The number of hydrogen-bond donors (Lipinski definition) is 0. The summed E-state index contributed by atoms with van der Waals surface area (Å²) in [6.45, 7) is 11.1. The summed E-state index contributed by atoms with van der Waals surface area (Å²) in [5.74, 6) is 0.977. The number of Topliss-reactive ketones (excluding diaryl/α,β-unsaturated/α-hetero) is 2. The average molecular weight is 677 g/mol. The molecule has 0 saturated heterocycles. The summed E-state index contributed by atoms with van der Waals surface area (Å²) in [4.78, 5) is 33.4. The molecule has 43 heavy (non-hydrogen) atoms. The van der Waals surface area contributed by atoms with Gasteiger partial charge in [0.05, 0.1) is 11.5 Å². The summed E-state index contributed by atoms with van der Waals surface area (Å²) in [5, 5.41) is 0.896. The van der Waals surface area contributed by atoms with Gasteiger partial charge in [0.25, 0.3) is 0 Å². The number of rotatable bonds is 16. The van der Waals surface area contributed by atoms with Gasteiger partial charge >= 0.3 is 0 Å². The Morgan fingerprint density at radius 2 is 0.884 bits per heavy atom. The monoisotopic (exact) mass is 676 g/mol. The van der Waals surface area contributed by atoms with E-state index in [-0.39, 0.29) is 11.6 Å². The first-order valence-electron chi connectivity index (χ1n) is 13.4. The summed E-state index contributed by atoms with van der Waals surface area (Å²) in [6.07, 6.45) is 0. The molecule has 0 bridgehead atoms. The number of hydrogen-bond acceptors (Lipinski definition) is 8. The normalized spacial score (nSPS) is 10.8. The molecule has 220 valence electrons. The lowest BCUT2D eigenvalue weighted by Crippen LogP contribution is -2.01. The minimum absolute atomic E-state index is 0.0839. The highest BCUT2D eigenvalue weighted by Crippen LogP contribution is 2.39. The van der Waals surface area contributed by atoms with Crippen LogP contribution in [0.15, 0.2) is 161 Å². The van der Waals surface area contributed by atoms with E-state index < -0.39 is 0 Å². The van der Waals surface area contributed by atoms with E-state index in [9.17, 15) is 9.59 Å². The van der Waals surface area contributed by atoms with Crippen molar-refractivity contribution in [2.24, 2.45) is 0 Å². The van der Waals surface area contributed by atoms with Crippen LogP contribution in [0, 0.1) is 0 Å². The Balaban J connectivity index is 1.33. The third kappa shape index (κ3) is 11.0. The number of ketones is 2. The Hall–Kier alpha value is -2.20. The van der Waals surface area contributed by atoms with Gasteiger partial charge < -0.3 is 0 Å². The second kappa shape index (κ2) is 17.3. The average Bonchev–Trinajstić information content (AvgIpc) is 3.00. The molecule has 8 heteroatoms. The predicted octanol–water partition coefficient (Wildman–Crippen LogP) is 11.3. The van der Waals surface area contributed by atoms with Crippen LogP contribution in [0.4, 0.5) is 0 Å². The van der Waals surface area contributed by atoms with Crippen molar-refractivity contribution in [3.63, 3.8) is 0 Å². The van der Waals surface area contributed by atoms with Gasteiger partial charge in [-0.15, -0.1) is 47.0 Å². The van der Waals surface area contributed by atoms with E-state index in [4.69, 9.17) is 0 Å². The van der Waals surface area contributed by atoms with Crippen LogP contribution in [-0.4, -0.2) is 28.2 Å². The quantitative estimate of drug-likeness (QED) is 0.0659. The lowest BCUT2D eigenvalue weighted by molar-refractivity contribution is -0.113. The van der Waals surface area contributed by atoms with Gasteiger partial charge in [0.1, 0.15) is 0 Å². The van der Waals surface area contributed by atoms with E-state index in [0.29, 0.717) is 22.7 Å². The molecule has 0 N–H and O–H groups in total. The zero-order valence-corrected chi connectivity index (χ0v) is 28.9. The largest absolute Gasteiger partial charge is 0.294 e. The molecule has 0 fully saturated rings. The Morgan fingerprint density at radius 3 is 1.28 bits per heavy atom. The molecule has 0 saturated carbocycles. The standard InChI is InChI=1S/C35H32O2S6/c1-24(2)30(36)21-38-32-15-5-7-17-34(32)42-28-13-9-11-26(19-28)40-23-41-27-12-10-14-29(20-27)43-35-18-8-6-16-33(35)39-22-31(37)25(3)4/h5-20H,1,3,21-23H2,2,4H3. The fraction of sp³-hybridized carbons (Fsp3) is 0.143. The lowest BCUT2D eigenvalue weighted by Gasteiger charge is -2.10. The van der Waals surface area contributed by atoms with Crippen molar-refractivity contribution < 1.29 is 9.59 Å². The zero-order valence-electron chi connectivity index (χ0n) is 24.0. The maximum Gasteiger partial charge on any atom is 0.168 e. The maximum atomic E-state index is 12.1. The first-order chi connectivity index (χ1) is 20.8. The Labute approximate surface area is 280 Å². The molecule has 0 unspecified atom stereocenters. The van der Waals surface area contributed by atoms with Gasteiger partial charge in [0.2, 0.25) is 0 Å². The highest BCUT2D eigenvalue weighted by Gasteiger charge is 2.11. The van der Waals surface area contributed by atoms with Crippen molar-refractivity contribution >= 4 is 82.1 Å². The van der Waals surface area contributed by atoms with E-state index in [2.05, 4.69) is 86.0 Å². The topological polar surface area (TPSA) is 34.1 Å². The predicted molar refractivity (Wildman–Crippen MR) is 192 cm³/mol. The molecule has 0 aliphatic rings. The van der Waals surface area contributed by atoms with Crippen molar-refractivity contribution in [2.75, 3.05) is 16.6 Å². The van der Waals surface area contributed by atoms with Crippen LogP contribution in [0.5, 0.6) is 0 Å². The van der Waals surface area contributed by atoms with E-state index in [1.165, 1.54) is 19.6 Å². The van der Waals surface area contributed by atoms with Gasteiger partial charge in [-0.25, -0.2) is 0 Å². The molecule has 0 aliphatic carbocycles. The molecule has 4 aromatic rings. The summed E-state index contributed by atoms with van der Waals surface area (Å²) >= 11 is 10.2. The minimum Gasteiger partial charge on any atom is -0.294 e. The zero-order chi connectivity index (χ0) is 30.6. The lowest BCUT2D eigenvalue weighted by atomic mass is 10.2. The second-order valence-corrected chi connectivity index (χ2v) is 16.2. The first-order valence-corrected chi connectivity index (χ1v) is 19.0. The second-order valence-electron chi connectivity index (χ2n) is 9.44. The molecule has 0 radical (unpaired) electrons. The van der Waals surface area contributed by atoms with E-state index in [1.807, 2.05) is 47.8 Å². The van der Waals surface area contributed by atoms with Crippen LogP contribution in [0.25, 0.3) is 0 Å². The molecular formula is C35H32O2S6. The number of carbonyl (C=O) groups is 2. The van der Waals surface area contributed by atoms with Gasteiger partial charge in [-0.1, -0.05) is 73.1 Å². The summed E-state index contributed by atoms with van der Waals surface area (Å²) < 4.78 is 0. The van der Waals surface area contributed by atoms with Crippen LogP contribution in [0.3, 0.4) is 0 Å². The Bertz CT molecular complexity index is 1490. The molecule has 0 heterocycles. The van der Waals surface area contributed by atoms with Crippen molar-refractivity contribution in [3.05, 3.63) is 121 Å². The molecule has 0 aliphatic heterocycles. The van der Waals surface area contributed by atoms with E-state index in [0.717, 1.165) is 24.7 Å². The van der Waals surface area contributed by atoms with Crippen molar-refractivity contribution in [1.29, 1.82) is 0 Å². The minimum atomic E-state index is 0.0839. The van der Waals surface area contributed by atoms with Crippen molar-refractivity contribution in [1.82, 2.24) is 0 Å². The van der Waals surface area contributed by atoms with Gasteiger partial charge in [-0.05, 0) is 85.7 Å².